The number of carbonyl (C=O) groups excluding carboxylic acids is 1. The summed E-state index contributed by atoms with van der Waals surface area (Å²) in [5, 5.41) is 10.7. The molecule has 178 valence electrons. The summed E-state index contributed by atoms with van der Waals surface area (Å²) in [6, 6.07) is 18.8. The van der Waals surface area contributed by atoms with Gasteiger partial charge in [0.1, 0.15) is 5.69 Å². The van der Waals surface area contributed by atoms with E-state index in [0.717, 1.165) is 11.1 Å². The first-order chi connectivity index (χ1) is 16.6. The number of halogens is 2. The molecule has 3 aromatic carbocycles. The van der Waals surface area contributed by atoms with Gasteiger partial charge < -0.3 is 10.3 Å². The lowest BCUT2D eigenvalue weighted by Gasteiger charge is -2.19. The highest BCUT2D eigenvalue weighted by atomic mass is 32.2. The van der Waals surface area contributed by atoms with Gasteiger partial charge in [-0.25, -0.2) is 5.06 Å². The van der Waals surface area contributed by atoms with Crippen molar-refractivity contribution in [3.63, 3.8) is 0 Å². The predicted molar refractivity (Wildman–Crippen MR) is 126 cm³/mol. The van der Waals surface area contributed by atoms with Gasteiger partial charge in [0.25, 0.3) is 11.8 Å². The number of fused-ring (bicyclic) bond motifs is 1. The molecule has 35 heavy (non-hydrogen) atoms. The molecule has 0 saturated carbocycles. The Morgan fingerprint density at radius 1 is 1.11 bits per heavy atom. The Labute approximate surface area is 201 Å². The lowest BCUT2D eigenvalue weighted by Crippen LogP contribution is -2.19. The van der Waals surface area contributed by atoms with E-state index >= 15 is 8.78 Å². The van der Waals surface area contributed by atoms with Crippen LogP contribution in [0, 0.1) is 11.3 Å². The van der Waals surface area contributed by atoms with Crippen LogP contribution in [0.4, 0.5) is 14.5 Å². The zero-order valence-corrected chi connectivity index (χ0v) is 19.0. The Hall–Kier alpha value is -4.11. The molecule has 0 spiro atoms. The first kappa shape index (κ1) is 24.0. The Morgan fingerprint density at radius 2 is 1.80 bits per heavy atom. The van der Waals surface area contributed by atoms with Crippen LogP contribution in [0.5, 0.6) is 0 Å². The second-order valence-electron chi connectivity index (χ2n) is 7.58. The molecule has 0 aliphatic rings. The number of hydrogen-bond acceptors (Lipinski definition) is 5. The van der Waals surface area contributed by atoms with Gasteiger partial charge in [0.05, 0.1) is 22.8 Å². The van der Waals surface area contributed by atoms with Gasteiger partial charge in [0.15, 0.2) is 0 Å². The number of rotatable bonds is 7. The van der Waals surface area contributed by atoms with Crippen LogP contribution in [0.2, 0.25) is 0 Å². The predicted octanol–water partition coefficient (Wildman–Crippen LogP) is 4.25. The fourth-order valence-corrected chi connectivity index (χ4v) is 4.05. The third-order valence-electron chi connectivity index (χ3n) is 5.40. The molecule has 0 aliphatic heterocycles. The van der Waals surface area contributed by atoms with Crippen molar-refractivity contribution in [2.75, 3.05) is 12.1 Å². The lowest BCUT2D eigenvalue weighted by atomic mass is 9.98. The van der Waals surface area contributed by atoms with Crippen molar-refractivity contribution in [3.05, 3.63) is 95.2 Å². The fourth-order valence-electron chi connectivity index (χ4n) is 3.77. The average molecular weight is 496 g/mol. The normalized spacial score (nSPS) is 12.3. The third-order valence-corrected chi connectivity index (χ3v) is 5.75. The maximum atomic E-state index is 15.4. The fraction of sp³-hybridized carbons (Fsp3) is 0.0833. The van der Waals surface area contributed by atoms with Crippen molar-refractivity contribution >= 4 is 33.9 Å². The minimum absolute atomic E-state index is 0.0541. The van der Waals surface area contributed by atoms with E-state index in [0.29, 0.717) is 16.6 Å². The van der Waals surface area contributed by atoms with Gasteiger partial charge in [-0.1, -0.05) is 30.3 Å². The summed E-state index contributed by atoms with van der Waals surface area (Å²) in [5.74, 6) is -4.20. The number of primary amides is 1. The molecule has 3 N–H and O–H groups in total. The van der Waals surface area contributed by atoms with E-state index in [1.54, 1.807) is 24.3 Å². The van der Waals surface area contributed by atoms with Crippen LogP contribution in [0.3, 0.4) is 0 Å². The largest absolute Gasteiger partial charge is 0.364 e. The van der Waals surface area contributed by atoms with E-state index in [1.807, 2.05) is 6.07 Å². The standard InChI is InChI=1S/C24H18F2N4O4S/c1-29(34-35(32)33)19-9-8-16-11-22(23(28)31)30(21(16)13-19)20-7-3-6-18(12-20)24(25,26)17-5-2-4-15(10-17)14-27/h2-13H,1H3,(H2,28,31)(H,32,33). The molecule has 0 fully saturated rings. The summed E-state index contributed by atoms with van der Waals surface area (Å²) in [6.07, 6.45) is 0. The van der Waals surface area contributed by atoms with Crippen LogP contribution in [0.15, 0.2) is 72.8 Å². The molecule has 8 nitrogen and oxygen atoms in total. The van der Waals surface area contributed by atoms with Gasteiger partial charge in [-0.3, -0.25) is 9.35 Å². The number of alkyl halides is 2. The van der Waals surface area contributed by atoms with E-state index < -0.39 is 23.2 Å². The molecule has 1 atom stereocenters. The Morgan fingerprint density at radius 3 is 2.46 bits per heavy atom. The van der Waals surface area contributed by atoms with E-state index in [9.17, 15) is 9.00 Å². The SMILES string of the molecule is CN(OS(=O)O)c1ccc2cc(C(N)=O)n(-c3cccc(C(F)(F)c4cccc(C#N)c4)c3)c2c1. The maximum absolute atomic E-state index is 15.4. The molecule has 1 unspecified atom stereocenters. The lowest BCUT2D eigenvalue weighted by molar-refractivity contribution is 0.0428. The summed E-state index contributed by atoms with van der Waals surface area (Å²) in [4.78, 5) is 12.2. The van der Waals surface area contributed by atoms with Gasteiger partial charge in [0.2, 0.25) is 0 Å². The summed E-state index contributed by atoms with van der Waals surface area (Å²) >= 11 is -2.57. The monoisotopic (exact) mass is 496 g/mol. The summed E-state index contributed by atoms with van der Waals surface area (Å²) < 4.78 is 57.0. The first-order valence-corrected chi connectivity index (χ1v) is 11.1. The average Bonchev–Trinajstić information content (AvgIpc) is 3.23. The number of nitrogens with zero attached hydrogens (tertiary/aromatic N) is 3. The molecule has 0 aliphatic carbocycles. The smallest absolute Gasteiger partial charge is 0.325 e. The second-order valence-corrected chi connectivity index (χ2v) is 8.16. The summed E-state index contributed by atoms with van der Waals surface area (Å²) in [6.45, 7) is 0. The second kappa shape index (κ2) is 9.27. The van der Waals surface area contributed by atoms with E-state index in [1.165, 1.54) is 54.1 Å². The van der Waals surface area contributed by atoms with Crippen molar-refractivity contribution in [1.29, 1.82) is 5.26 Å². The van der Waals surface area contributed by atoms with Crippen molar-refractivity contribution in [3.8, 4) is 11.8 Å². The molecule has 4 rings (SSSR count). The van der Waals surface area contributed by atoms with Crippen molar-refractivity contribution in [1.82, 2.24) is 4.57 Å². The third kappa shape index (κ3) is 4.63. The number of amides is 1. The number of anilines is 1. The van der Waals surface area contributed by atoms with Gasteiger partial charge in [-0.2, -0.15) is 18.3 Å². The van der Waals surface area contributed by atoms with Gasteiger partial charge in [0, 0.05) is 29.2 Å². The van der Waals surface area contributed by atoms with Crippen LogP contribution in [-0.4, -0.2) is 26.3 Å². The van der Waals surface area contributed by atoms with E-state index in [2.05, 4.69) is 0 Å². The molecule has 1 heterocycles. The van der Waals surface area contributed by atoms with Crippen molar-refractivity contribution < 1.29 is 26.6 Å². The number of hydroxylamine groups is 1. The minimum atomic E-state index is -3.43. The Bertz CT molecular complexity index is 1510. The van der Waals surface area contributed by atoms with Gasteiger partial charge in [-0.05, 0) is 42.5 Å². The van der Waals surface area contributed by atoms with Crippen LogP contribution < -0.4 is 10.8 Å². The summed E-state index contributed by atoms with van der Waals surface area (Å²) in [5.41, 5.74) is 6.08. The first-order valence-electron chi connectivity index (χ1n) is 10.1. The molecule has 4 aromatic rings. The highest BCUT2D eigenvalue weighted by Crippen LogP contribution is 2.37. The van der Waals surface area contributed by atoms with Crippen LogP contribution in [0.1, 0.15) is 27.2 Å². The number of aromatic nitrogens is 1. The number of benzene rings is 3. The van der Waals surface area contributed by atoms with Gasteiger partial charge >= 0.3 is 11.4 Å². The van der Waals surface area contributed by atoms with Gasteiger partial charge in [-0.15, -0.1) is 4.28 Å². The topological polar surface area (TPSA) is 122 Å². The van der Waals surface area contributed by atoms with Crippen LogP contribution in [0.25, 0.3) is 16.6 Å². The molecule has 1 aromatic heterocycles. The Balaban J connectivity index is 1.88. The molecule has 1 amide bonds. The van der Waals surface area contributed by atoms with Crippen molar-refractivity contribution in [2.45, 2.75) is 5.92 Å². The molecular weight excluding hydrogens is 478 g/mol. The zero-order chi connectivity index (χ0) is 25.3. The van der Waals surface area contributed by atoms with Crippen LogP contribution in [-0.2, 0) is 21.6 Å². The number of carbonyl (C=O) groups is 1. The minimum Gasteiger partial charge on any atom is -0.364 e. The zero-order valence-electron chi connectivity index (χ0n) is 18.2. The number of nitrogens with two attached hydrogens (primary N) is 1. The van der Waals surface area contributed by atoms with E-state index in [4.69, 9.17) is 19.8 Å². The maximum Gasteiger partial charge on any atom is 0.325 e. The highest BCUT2D eigenvalue weighted by molar-refractivity contribution is 7.74. The quantitative estimate of drug-likeness (QED) is 0.292. The Kier molecular flexibility index (Phi) is 6.36. The molecule has 0 bridgehead atoms. The molecular formula is C24H18F2N4O4S. The number of nitriles is 1. The van der Waals surface area contributed by atoms with Crippen molar-refractivity contribution in [2.24, 2.45) is 5.73 Å². The molecule has 0 saturated heterocycles. The molecule has 0 radical (unpaired) electrons. The highest BCUT2D eigenvalue weighted by Gasteiger charge is 2.34. The number of hydrogen-bond donors (Lipinski definition) is 2. The summed E-state index contributed by atoms with van der Waals surface area (Å²) in [7, 11) is 1.41. The molecule has 11 heteroatoms. The van der Waals surface area contributed by atoms with Crippen LogP contribution >= 0.6 is 0 Å². The van der Waals surface area contributed by atoms with E-state index in [-0.39, 0.29) is 28.1 Å².